The minimum absolute atomic E-state index is 0.329. The van der Waals surface area contributed by atoms with E-state index < -0.39 is 4.84 Å². The van der Waals surface area contributed by atoms with Crippen LogP contribution >= 0.6 is 46.4 Å². The van der Waals surface area contributed by atoms with Crippen molar-refractivity contribution in [2.24, 2.45) is 0 Å². The Labute approximate surface area is 84.2 Å². The van der Waals surface area contributed by atoms with Gasteiger partial charge in [-0.05, 0) is 12.1 Å². The van der Waals surface area contributed by atoms with Crippen molar-refractivity contribution in [2.75, 3.05) is 0 Å². The fraction of sp³-hybridized carbons (Fsp3) is 0.167. The van der Waals surface area contributed by atoms with E-state index in [4.69, 9.17) is 46.4 Å². The highest BCUT2D eigenvalue weighted by Gasteiger charge is 2.10. The SMILES string of the molecule is Clc1ccc(Cl)c(C(Cl)Cl)n1. The standard InChI is InChI=1S/C6H3Cl4N/c7-3-1-2-4(8)11-5(3)6(9)10/h1-2,6H. The minimum atomic E-state index is -0.735. The molecule has 0 N–H and O–H groups in total. The molecule has 0 saturated carbocycles. The van der Waals surface area contributed by atoms with Crippen molar-refractivity contribution in [3.8, 4) is 0 Å². The fourth-order valence-electron chi connectivity index (χ4n) is 0.586. The molecular weight excluding hydrogens is 228 g/mol. The number of hydrogen-bond acceptors (Lipinski definition) is 1. The van der Waals surface area contributed by atoms with Gasteiger partial charge in [0.05, 0.1) is 10.7 Å². The van der Waals surface area contributed by atoms with Crippen molar-refractivity contribution >= 4 is 46.4 Å². The maximum atomic E-state index is 5.70. The van der Waals surface area contributed by atoms with Gasteiger partial charge in [-0.25, -0.2) is 4.98 Å². The molecule has 5 heteroatoms. The Hall–Kier alpha value is 0.310. The second-order valence-corrected chi connectivity index (χ2v) is 3.69. The molecule has 0 bridgehead atoms. The summed E-state index contributed by atoms with van der Waals surface area (Å²) < 4.78 is 0. The summed E-state index contributed by atoms with van der Waals surface area (Å²) in [5.74, 6) is 0. The molecule has 1 nitrogen and oxygen atoms in total. The quantitative estimate of drug-likeness (QED) is 0.528. The zero-order valence-corrected chi connectivity index (χ0v) is 8.21. The molecule has 0 aliphatic carbocycles. The summed E-state index contributed by atoms with van der Waals surface area (Å²) in [6, 6.07) is 3.17. The molecule has 0 aliphatic heterocycles. The average Bonchev–Trinajstić information content (AvgIpc) is 1.94. The van der Waals surface area contributed by atoms with Gasteiger partial charge in [0.1, 0.15) is 5.15 Å². The summed E-state index contributed by atoms with van der Waals surface area (Å²) in [5.41, 5.74) is 0.391. The zero-order valence-electron chi connectivity index (χ0n) is 5.19. The van der Waals surface area contributed by atoms with Gasteiger partial charge in [0, 0.05) is 0 Å². The molecule has 0 saturated heterocycles. The van der Waals surface area contributed by atoms with Crippen molar-refractivity contribution in [3.63, 3.8) is 0 Å². The molecule has 1 rings (SSSR count). The number of rotatable bonds is 1. The lowest BCUT2D eigenvalue weighted by molar-refractivity contribution is 1.15. The maximum absolute atomic E-state index is 5.70. The van der Waals surface area contributed by atoms with Gasteiger partial charge >= 0.3 is 0 Å². The molecule has 11 heavy (non-hydrogen) atoms. The molecule has 0 radical (unpaired) electrons. The van der Waals surface area contributed by atoms with Crippen LogP contribution in [0.4, 0.5) is 0 Å². The van der Waals surface area contributed by atoms with Crippen LogP contribution in [0.15, 0.2) is 12.1 Å². The Bertz CT molecular complexity index is 261. The fourth-order valence-corrected chi connectivity index (χ4v) is 1.40. The highest BCUT2D eigenvalue weighted by molar-refractivity contribution is 6.45. The number of halogens is 4. The van der Waals surface area contributed by atoms with Crippen molar-refractivity contribution in [2.45, 2.75) is 4.84 Å². The number of nitrogens with zero attached hydrogens (tertiary/aromatic N) is 1. The molecule has 0 aliphatic rings. The van der Waals surface area contributed by atoms with E-state index in [0.29, 0.717) is 15.9 Å². The van der Waals surface area contributed by atoms with E-state index in [1.165, 1.54) is 0 Å². The first kappa shape index (κ1) is 9.40. The molecule has 0 aromatic carbocycles. The topological polar surface area (TPSA) is 12.9 Å². The molecule has 0 spiro atoms. The number of hydrogen-bond donors (Lipinski definition) is 0. The van der Waals surface area contributed by atoms with Crippen molar-refractivity contribution < 1.29 is 0 Å². The first-order chi connectivity index (χ1) is 5.11. The third-order valence-corrected chi connectivity index (χ3v) is 1.99. The van der Waals surface area contributed by atoms with E-state index in [1.807, 2.05) is 0 Å². The van der Waals surface area contributed by atoms with E-state index in [1.54, 1.807) is 12.1 Å². The Morgan fingerprint density at radius 3 is 2.27 bits per heavy atom. The van der Waals surface area contributed by atoms with Gasteiger partial charge < -0.3 is 0 Å². The number of alkyl halides is 2. The monoisotopic (exact) mass is 229 g/mol. The van der Waals surface area contributed by atoms with Gasteiger partial charge in [-0.3, -0.25) is 0 Å². The van der Waals surface area contributed by atoms with Crippen molar-refractivity contribution in [3.05, 3.63) is 28.0 Å². The van der Waals surface area contributed by atoms with Crippen LogP contribution in [0.1, 0.15) is 10.5 Å². The second-order valence-electron chi connectivity index (χ2n) is 1.80. The molecule has 0 unspecified atom stereocenters. The predicted molar refractivity (Wildman–Crippen MR) is 48.7 cm³/mol. The van der Waals surface area contributed by atoms with Crippen LogP contribution in [-0.2, 0) is 0 Å². The van der Waals surface area contributed by atoms with Gasteiger partial charge in [-0.2, -0.15) is 0 Å². The lowest BCUT2D eigenvalue weighted by Crippen LogP contribution is -1.89. The summed E-state index contributed by atoms with van der Waals surface area (Å²) in [6.45, 7) is 0. The van der Waals surface area contributed by atoms with Crippen LogP contribution in [0.2, 0.25) is 10.2 Å². The largest absolute Gasteiger partial charge is 0.237 e. The van der Waals surface area contributed by atoms with Crippen molar-refractivity contribution in [1.29, 1.82) is 0 Å². The molecular formula is C6H3Cl4N. The Balaban J connectivity index is 3.13. The van der Waals surface area contributed by atoms with Gasteiger partial charge in [0.25, 0.3) is 0 Å². The maximum Gasteiger partial charge on any atom is 0.151 e. The van der Waals surface area contributed by atoms with E-state index >= 15 is 0 Å². The predicted octanol–water partition coefficient (Wildman–Crippen LogP) is 3.86. The molecule has 1 aromatic heterocycles. The van der Waals surface area contributed by atoms with Gasteiger partial charge in [0.2, 0.25) is 0 Å². The highest BCUT2D eigenvalue weighted by Crippen LogP contribution is 2.29. The summed E-state index contributed by atoms with van der Waals surface area (Å²) in [4.78, 5) is 3.11. The Kier molecular flexibility index (Phi) is 3.26. The summed E-state index contributed by atoms with van der Waals surface area (Å²) >= 11 is 22.4. The van der Waals surface area contributed by atoms with Crippen molar-refractivity contribution in [1.82, 2.24) is 4.98 Å². The van der Waals surface area contributed by atoms with E-state index in [2.05, 4.69) is 4.98 Å². The van der Waals surface area contributed by atoms with Gasteiger partial charge in [-0.1, -0.05) is 46.4 Å². The first-order valence-electron chi connectivity index (χ1n) is 2.71. The van der Waals surface area contributed by atoms with Crippen LogP contribution in [0, 0.1) is 0 Å². The smallest absolute Gasteiger partial charge is 0.151 e. The molecule has 0 atom stereocenters. The summed E-state index contributed by atoms with van der Waals surface area (Å²) in [7, 11) is 0. The Morgan fingerprint density at radius 2 is 1.82 bits per heavy atom. The lowest BCUT2D eigenvalue weighted by Gasteiger charge is -2.02. The van der Waals surface area contributed by atoms with Crippen LogP contribution < -0.4 is 0 Å². The first-order valence-corrected chi connectivity index (χ1v) is 4.34. The van der Waals surface area contributed by atoms with Crippen LogP contribution in [0.5, 0.6) is 0 Å². The number of pyridine rings is 1. The zero-order chi connectivity index (χ0) is 8.43. The van der Waals surface area contributed by atoms with Crippen LogP contribution in [-0.4, -0.2) is 4.98 Å². The highest BCUT2D eigenvalue weighted by atomic mass is 35.5. The average molecular weight is 231 g/mol. The lowest BCUT2D eigenvalue weighted by atomic mass is 10.4. The summed E-state index contributed by atoms with van der Waals surface area (Å²) in [6.07, 6.45) is 0. The third-order valence-electron chi connectivity index (χ3n) is 1.05. The van der Waals surface area contributed by atoms with E-state index in [0.717, 1.165) is 0 Å². The molecule has 0 amide bonds. The molecule has 1 aromatic rings. The van der Waals surface area contributed by atoms with E-state index in [-0.39, 0.29) is 0 Å². The summed E-state index contributed by atoms with van der Waals surface area (Å²) in [5, 5.41) is 0.750. The minimum Gasteiger partial charge on any atom is -0.237 e. The molecule has 60 valence electrons. The van der Waals surface area contributed by atoms with Crippen LogP contribution in [0.3, 0.4) is 0 Å². The normalized spacial score (nSPS) is 10.6. The van der Waals surface area contributed by atoms with Gasteiger partial charge in [-0.15, -0.1) is 0 Å². The molecule has 1 heterocycles. The molecule has 0 fully saturated rings. The van der Waals surface area contributed by atoms with E-state index in [9.17, 15) is 0 Å². The van der Waals surface area contributed by atoms with Gasteiger partial charge in [0.15, 0.2) is 4.84 Å². The van der Waals surface area contributed by atoms with Crippen LogP contribution in [0.25, 0.3) is 0 Å². The number of aromatic nitrogens is 1. The third kappa shape index (κ3) is 2.38. The Morgan fingerprint density at radius 1 is 1.18 bits per heavy atom. The second kappa shape index (κ2) is 3.81.